The molecule has 126 valence electrons. The van der Waals surface area contributed by atoms with Crippen molar-refractivity contribution in [2.75, 3.05) is 18.4 Å². The molecule has 1 saturated carbocycles. The third-order valence-electron chi connectivity index (χ3n) is 4.84. The van der Waals surface area contributed by atoms with E-state index in [1.807, 2.05) is 24.0 Å². The number of amides is 1. The molecule has 0 unspecified atom stereocenters. The first-order valence-corrected chi connectivity index (χ1v) is 9.52. The molecule has 0 radical (unpaired) electrons. The highest BCUT2D eigenvalue weighted by Gasteiger charge is 2.31. The molecule has 1 aliphatic carbocycles. The monoisotopic (exact) mass is 342 g/mol. The quantitative estimate of drug-likeness (QED) is 0.925. The molecule has 2 aromatic heterocycles. The van der Waals surface area contributed by atoms with E-state index in [0.717, 1.165) is 42.3 Å². The number of thiophene rings is 1. The maximum atomic E-state index is 12.8. The molecule has 1 amide bonds. The highest BCUT2D eigenvalue weighted by Crippen LogP contribution is 2.43. The van der Waals surface area contributed by atoms with Gasteiger partial charge in [0.2, 0.25) is 0 Å². The van der Waals surface area contributed by atoms with Crippen molar-refractivity contribution in [3.63, 3.8) is 0 Å². The Balaban J connectivity index is 1.34. The summed E-state index contributed by atoms with van der Waals surface area (Å²) in [6.07, 6.45) is 4.37. The second kappa shape index (κ2) is 6.51. The van der Waals surface area contributed by atoms with E-state index in [1.165, 1.54) is 18.4 Å². The number of anilines is 1. The van der Waals surface area contributed by atoms with Gasteiger partial charge in [-0.3, -0.25) is 4.79 Å². The van der Waals surface area contributed by atoms with Crippen LogP contribution in [0.2, 0.25) is 0 Å². The van der Waals surface area contributed by atoms with Crippen LogP contribution in [0.25, 0.3) is 0 Å². The highest BCUT2D eigenvalue weighted by molar-refractivity contribution is 7.12. The van der Waals surface area contributed by atoms with Gasteiger partial charge in [0.15, 0.2) is 0 Å². The molecule has 1 aliphatic heterocycles. The van der Waals surface area contributed by atoms with Crippen LogP contribution in [-0.4, -0.2) is 40.1 Å². The first kappa shape index (κ1) is 15.6. The molecular formula is C18H22N4OS. The molecular weight excluding hydrogens is 320 g/mol. The van der Waals surface area contributed by atoms with Gasteiger partial charge in [-0.25, -0.2) is 0 Å². The maximum absolute atomic E-state index is 12.8. The second-order valence-corrected chi connectivity index (χ2v) is 7.67. The molecule has 5 nitrogen and oxygen atoms in total. The third kappa shape index (κ3) is 3.29. The summed E-state index contributed by atoms with van der Waals surface area (Å²) in [6, 6.07) is 6.43. The number of carbonyl (C=O) groups is 1. The number of rotatable bonds is 4. The smallest absolute Gasteiger partial charge is 0.264 e. The number of nitrogens with one attached hydrogen (secondary N) is 1. The average Bonchev–Trinajstić information content (AvgIpc) is 3.34. The van der Waals surface area contributed by atoms with E-state index in [2.05, 4.69) is 27.0 Å². The molecule has 0 bridgehead atoms. The molecule has 4 rings (SSSR count). The second-order valence-electron chi connectivity index (χ2n) is 6.75. The zero-order valence-corrected chi connectivity index (χ0v) is 14.7. The lowest BCUT2D eigenvalue weighted by Crippen LogP contribution is -2.42. The fourth-order valence-corrected chi connectivity index (χ4v) is 4.22. The van der Waals surface area contributed by atoms with Crippen LogP contribution >= 0.6 is 11.3 Å². The van der Waals surface area contributed by atoms with Gasteiger partial charge in [0.1, 0.15) is 5.82 Å². The number of carbonyl (C=O) groups excluding carboxylic acids is 1. The summed E-state index contributed by atoms with van der Waals surface area (Å²) >= 11 is 1.60. The fourth-order valence-electron chi connectivity index (χ4n) is 3.26. The molecule has 0 spiro atoms. The summed E-state index contributed by atoms with van der Waals surface area (Å²) in [5, 5.41) is 13.7. The van der Waals surface area contributed by atoms with Gasteiger partial charge in [0, 0.05) is 19.1 Å². The van der Waals surface area contributed by atoms with Gasteiger partial charge in [-0.2, -0.15) is 5.10 Å². The van der Waals surface area contributed by atoms with E-state index in [9.17, 15) is 4.79 Å². The molecule has 2 aromatic rings. The van der Waals surface area contributed by atoms with Crippen LogP contribution in [0.3, 0.4) is 0 Å². The van der Waals surface area contributed by atoms with Crippen molar-refractivity contribution in [3.8, 4) is 0 Å². The van der Waals surface area contributed by atoms with E-state index >= 15 is 0 Å². The minimum absolute atomic E-state index is 0.223. The fraction of sp³-hybridized carbons (Fsp3) is 0.500. The standard InChI is InChI=1S/C18H22N4OS/c1-12-2-5-16(21-20-12)19-14-6-9-22(10-7-14)18(23)17-15(8-11-24-17)13-3-4-13/h2,5,8,11,13-14H,3-4,6-7,9-10H2,1H3,(H,19,21). The Morgan fingerprint density at radius 3 is 2.62 bits per heavy atom. The van der Waals surface area contributed by atoms with E-state index in [4.69, 9.17) is 0 Å². The van der Waals surface area contributed by atoms with E-state index in [0.29, 0.717) is 12.0 Å². The SMILES string of the molecule is Cc1ccc(NC2CCN(C(=O)c3sccc3C3CC3)CC2)nn1. The number of hydrogen-bond donors (Lipinski definition) is 1. The van der Waals surface area contributed by atoms with Crippen molar-refractivity contribution < 1.29 is 4.79 Å². The van der Waals surface area contributed by atoms with Crippen molar-refractivity contribution in [1.29, 1.82) is 0 Å². The van der Waals surface area contributed by atoms with E-state index in [-0.39, 0.29) is 5.91 Å². The molecule has 1 N–H and O–H groups in total. The van der Waals surface area contributed by atoms with Gasteiger partial charge >= 0.3 is 0 Å². The van der Waals surface area contributed by atoms with Crippen molar-refractivity contribution in [2.24, 2.45) is 0 Å². The van der Waals surface area contributed by atoms with Crippen LogP contribution in [0.5, 0.6) is 0 Å². The molecule has 0 aromatic carbocycles. The van der Waals surface area contributed by atoms with Crippen LogP contribution in [0.15, 0.2) is 23.6 Å². The zero-order chi connectivity index (χ0) is 16.5. The lowest BCUT2D eigenvalue weighted by molar-refractivity contribution is 0.0722. The van der Waals surface area contributed by atoms with Crippen LogP contribution in [0, 0.1) is 6.92 Å². The lowest BCUT2D eigenvalue weighted by Gasteiger charge is -2.32. The van der Waals surface area contributed by atoms with Crippen molar-refractivity contribution in [3.05, 3.63) is 39.7 Å². The van der Waals surface area contributed by atoms with Gasteiger partial charge in [0.25, 0.3) is 5.91 Å². The lowest BCUT2D eigenvalue weighted by atomic mass is 10.0. The first-order chi connectivity index (χ1) is 11.7. The Bertz CT molecular complexity index is 715. The van der Waals surface area contributed by atoms with Gasteiger partial charge in [-0.05, 0) is 67.7 Å². The topological polar surface area (TPSA) is 58.1 Å². The van der Waals surface area contributed by atoms with Crippen LogP contribution in [0.1, 0.15) is 52.5 Å². The number of nitrogens with zero attached hydrogens (tertiary/aromatic N) is 3. The number of aryl methyl sites for hydroxylation is 1. The Hall–Kier alpha value is -1.95. The van der Waals surface area contributed by atoms with Crippen molar-refractivity contribution in [1.82, 2.24) is 15.1 Å². The van der Waals surface area contributed by atoms with Gasteiger partial charge < -0.3 is 10.2 Å². The van der Waals surface area contributed by atoms with Crippen LogP contribution in [0.4, 0.5) is 5.82 Å². The molecule has 3 heterocycles. The van der Waals surface area contributed by atoms with Gasteiger partial charge in [-0.1, -0.05) is 0 Å². The summed E-state index contributed by atoms with van der Waals surface area (Å²) in [7, 11) is 0. The number of likely N-dealkylation sites (tertiary alicyclic amines) is 1. The molecule has 6 heteroatoms. The summed E-state index contributed by atoms with van der Waals surface area (Å²) in [5.74, 6) is 1.68. The molecule has 0 atom stereocenters. The Kier molecular flexibility index (Phi) is 4.22. The predicted octanol–water partition coefficient (Wildman–Crippen LogP) is 3.44. The van der Waals surface area contributed by atoms with Crippen LogP contribution < -0.4 is 5.32 Å². The van der Waals surface area contributed by atoms with Gasteiger partial charge in [0.05, 0.1) is 10.6 Å². The Labute approximate surface area is 146 Å². The summed E-state index contributed by atoms with van der Waals surface area (Å²) in [5.41, 5.74) is 2.20. The Morgan fingerprint density at radius 2 is 1.96 bits per heavy atom. The molecule has 1 saturated heterocycles. The normalized spacial score (nSPS) is 18.6. The minimum atomic E-state index is 0.223. The predicted molar refractivity (Wildman–Crippen MR) is 95.6 cm³/mol. The number of hydrogen-bond acceptors (Lipinski definition) is 5. The molecule has 2 fully saturated rings. The van der Waals surface area contributed by atoms with E-state index in [1.54, 1.807) is 11.3 Å². The van der Waals surface area contributed by atoms with E-state index < -0.39 is 0 Å². The highest BCUT2D eigenvalue weighted by atomic mass is 32.1. The largest absolute Gasteiger partial charge is 0.366 e. The zero-order valence-electron chi connectivity index (χ0n) is 13.9. The number of piperidine rings is 1. The first-order valence-electron chi connectivity index (χ1n) is 8.64. The van der Waals surface area contributed by atoms with Crippen molar-refractivity contribution in [2.45, 2.75) is 44.6 Å². The molecule has 24 heavy (non-hydrogen) atoms. The summed E-state index contributed by atoms with van der Waals surface area (Å²) < 4.78 is 0. The molecule has 2 aliphatic rings. The van der Waals surface area contributed by atoms with Crippen LogP contribution in [-0.2, 0) is 0 Å². The third-order valence-corrected chi connectivity index (χ3v) is 5.76. The van der Waals surface area contributed by atoms with Crippen molar-refractivity contribution >= 4 is 23.1 Å². The Morgan fingerprint density at radius 1 is 1.17 bits per heavy atom. The average molecular weight is 342 g/mol. The maximum Gasteiger partial charge on any atom is 0.264 e. The summed E-state index contributed by atoms with van der Waals surface area (Å²) in [6.45, 7) is 3.54. The number of aromatic nitrogens is 2. The summed E-state index contributed by atoms with van der Waals surface area (Å²) in [4.78, 5) is 15.8. The minimum Gasteiger partial charge on any atom is -0.366 e. The van der Waals surface area contributed by atoms with Gasteiger partial charge in [-0.15, -0.1) is 16.4 Å².